The number of hydrogen-bond acceptors (Lipinski definition) is 3. The van der Waals surface area contributed by atoms with Crippen molar-refractivity contribution in [1.29, 1.82) is 0 Å². The Hall–Kier alpha value is -0.700. The van der Waals surface area contributed by atoms with Gasteiger partial charge in [-0.1, -0.05) is 13.8 Å². The third-order valence-corrected chi connectivity index (χ3v) is 1.31. The number of carbonyl (C=O) groups excluding carboxylic acids is 2. The normalized spacial score (nSPS) is 14.6. The van der Waals surface area contributed by atoms with E-state index in [9.17, 15) is 9.59 Å². The zero-order valence-electron chi connectivity index (χ0n) is 5.63. The molecule has 0 fully saturated rings. The highest BCUT2D eigenvalue weighted by molar-refractivity contribution is 5.70. The van der Waals surface area contributed by atoms with Gasteiger partial charge in [0.1, 0.15) is 12.6 Å². The van der Waals surface area contributed by atoms with Gasteiger partial charge in [0.2, 0.25) is 0 Å². The Morgan fingerprint density at radius 2 is 1.89 bits per heavy atom. The minimum absolute atomic E-state index is 0.578. The second-order valence-electron chi connectivity index (χ2n) is 2.60. The van der Waals surface area contributed by atoms with E-state index in [2.05, 4.69) is 0 Å². The largest absolute Gasteiger partial charge is 0.321 e. The molecular formula is C6H11NO2. The molecule has 0 saturated carbocycles. The molecule has 1 atom stereocenters. The van der Waals surface area contributed by atoms with E-state index < -0.39 is 11.5 Å². The maximum absolute atomic E-state index is 10.2. The summed E-state index contributed by atoms with van der Waals surface area (Å²) in [5, 5.41) is 0. The Morgan fingerprint density at radius 1 is 1.44 bits per heavy atom. The van der Waals surface area contributed by atoms with Crippen LogP contribution in [0.3, 0.4) is 0 Å². The number of aldehydes is 2. The van der Waals surface area contributed by atoms with Crippen molar-refractivity contribution < 1.29 is 9.59 Å². The lowest BCUT2D eigenvalue weighted by Gasteiger charge is -2.19. The summed E-state index contributed by atoms with van der Waals surface area (Å²) < 4.78 is 0. The lowest BCUT2D eigenvalue weighted by atomic mass is 9.88. The average Bonchev–Trinajstić information content (AvgIpc) is 1.86. The fourth-order valence-corrected chi connectivity index (χ4v) is 0.254. The minimum Gasteiger partial charge on any atom is -0.321 e. The summed E-state index contributed by atoms with van der Waals surface area (Å²) in [6.07, 6.45) is 1.26. The molecular weight excluding hydrogens is 118 g/mol. The van der Waals surface area contributed by atoms with E-state index >= 15 is 0 Å². The predicted molar refractivity (Wildman–Crippen MR) is 33.9 cm³/mol. The third kappa shape index (κ3) is 1.93. The Balaban J connectivity index is 4.11. The summed E-state index contributed by atoms with van der Waals surface area (Å²) >= 11 is 0. The lowest BCUT2D eigenvalue weighted by Crippen LogP contribution is -2.39. The molecule has 0 aliphatic heterocycles. The van der Waals surface area contributed by atoms with Gasteiger partial charge in [0, 0.05) is 5.41 Å². The molecule has 0 amide bonds. The Morgan fingerprint density at radius 3 is 2.00 bits per heavy atom. The predicted octanol–water partition coefficient (Wildman–Crippen LogP) is -0.262. The van der Waals surface area contributed by atoms with Gasteiger partial charge in [-0.05, 0) is 0 Å². The van der Waals surface area contributed by atoms with Gasteiger partial charge in [0.05, 0.1) is 6.04 Å². The van der Waals surface area contributed by atoms with Crippen molar-refractivity contribution in [3.63, 3.8) is 0 Å². The van der Waals surface area contributed by atoms with Crippen molar-refractivity contribution >= 4 is 12.6 Å². The van der Waals surface area contributed by atoms with Crippen LogP contribution in [0.25, 0.3) is 0 Å². The molecule has 3 heteroatoms. The zero-order chi connectivity index (χ0) is 7.49. The van der Waals surface area contributed by atoms with Gasteiger partial charge < -0.3 is 15.3 Å². The van der Waals surface area contributed by atoms with Crippen LogP contribution in [-0.4, -0.2) is 18.6 Å². The molecule has 0 heterocycles. The molecule has 0 saturated heterocycles. The first kappa shape index (κ1) is 8.30. The first-order chi connectivity index (χ1) is 4.04. The summed E-state index contributed by atoms with van der Waals surface area (Å²) in [5.74, 6) is 0. The molecule has 0 aliphatic rings. The zero-order valence-corrected chi connectivity index (χ0v) is 5.63. The molecule has 52 valence electrons. The molecule has 9 heavy (non-hydrogen) atoms. The number of carbonyl (C=O) groups is 2. The van der Waals surface area contributed by atoms with E-state index in [1.54, 1.807) is 13.8 Å². The van der Waals surface area contributed by atoms with Gasteiger partial charge in [-0.2, -0.15) is 0 Å². The first-order valence-corrected chi connectivity index (χ1v) is 2.72. The fraction of sp³-hybridized carbons (Fsp3) is 0.667. The lowest BCUT2D eigenvalue weighted by molar-refractivity contribution is -0.120. The van der Waals surface area contributed by atoms with Crippen LogP contribution in [0, 0.1) is 5.41 Å². The molecule has 3 nitrogen and oxygen atoms in total. The molecule has 0 aromatic rings. The molecule has 0 spiro atoms. The van der Waals surface area contributed by atoms with Crippen molar-refractivity contribution in [3.05, 3.63) is 0 Å². The van der Waals surface area contributed by atoms with E-state index in [-0.39, 0.29) is 0 Å². The highest BCUT2D eigenvalue weighted by Gasteiger charge is 2.24. The minimum atomic E-state index is -0.720. The first-order valence-electron chi connectivity index (χ1n) is 2.72. The molecule has 0 radical (unpaired) electrons. The molecule has 0 aliphatic carbocycles. The maximum atomic E-state index is 10.2. The quantitative estimate of drug-likeness (QED) is 0.534. The van der Waals surface area contributed by atoms with Crippen molar-refractivity contribution in [1.82, 2.24) is 0 Å². The summed E-state index contributed by atoms with van der Waals surface area (Å²) in [7, 11) is 0. The van der Waals surface area contributed by atoms with Gasteiger partial charge in [-0.25, -0.2) is 0 Å². The van der Waals surface area contributed by atoms with Crippen molar-refractivity contribution in [2.24, 2.45) is 11.1 Å². The van der Waals surface area contributed by atoms with Gasteiger partial charge in [0.15, 0.2) is 0 Å². The number of rotatable bonds is 3. The number of nitrogens with two attached hydrogens (primary N) is 1. The van der Waals surface area contributed by atoms with E-state index in [0.29, 0.717) is 12.6 Å². The van der Waals surface area contributed by atoms with E-state index in [1.807, 2.05) is 0 Å². The van der Waals surface area contributed by atoms with Gasteiger partial charge in [-0.3, -0.25) is 0 Å². The number of hydrogen-bond donors (Lipinski definition) is 1. The topological polar surface area (TPSA) is 60.2 Å². The smallest absolute Gasteiger partial charge is 0.137 e. The SMILES string of the molecule is CC(C)(C=O)C(N)C=O. The maximum Gasteiger partial charge on any atom is 0.137 e. The monoisotopic (exact) mass is 129 g/mol. The Bertz CT molecular complexity index is 120. The molecule has 0 bridgehead atoms. The van der Waals surface area contributed by atoms with Crippen LogP contribution in [0.1, 0.15) is 13.8 Å². The Kier molecular flexibility index (Phi) is 2.52. The summed E-state index contributed by atoms with van der Waals surface area (Å²) in [6.45, 7) is 3.25. The highest BCUT2D eigenvalue weighted by atomic mass is 16.1. The second kappa shape index (κ2) is 2.73. The van der Waals surface area contributed by atoms with Crippen molar-refractivity contribution in [2.75, 3.05) is 0 Å². The van der Waals surface area contributed by atoms with Crippen LogP contribution in [0.4, 0.5) is 0 Å². The van der Waals surface area contributed by atoms with Crippen molar-refractivity contribution in [2.45, 2.75) is 19.9 Å². The second-order valence-corrected chi connectivity index (χ2v) is 2.60. The van der Waals surface area contributed by atoms with Gasteiger partial charge >= 0.3 is 0 Å². The van der Waals surface area contributed by atoms with Crippen molar-refractivity contribution in [3.8, 4) is 0 Å². The standard InChI is InChI=1S/C6H11NO2/c1-6(2,4-9)5(7)3-8/h3-5H,7H2,1-2H3. The van der Waals surface area contributed by atoms with E-state index in [0.717, 1.165) is 0 Å². The fourth-order valence-electron chi connectivity index (χ4n) is 0.254. The molecule has 0 rings (SSSR count). The van der Waals surface area contributed by atoms with E-state index in [1.165, 1.54) is 0 Å². The van der Waals surface area contributed by atoms with Gasteiger partial charge in [0.25, 0.3) is 0 Å². The molecule has 0 aromatic carbocycles. The Labute approximate surface area is 54.2 Å². The third-order valence-electron chi connectivity index (χ3n) is 1.31. The van der Waals surface area contributed by atoms with Crippen LogP contribution in [0.15, 0.2) is 0 Å². The van der Waals surface area contributed by atoms with Gasteiger partial charge in [-0.15, -0.1) is 0 Å². The molecule has 0 aromatic heterocycles. The van der Waals surface area contributed by atoms with Crippen LogP contribution in [-0.2, 0) is 9.59 Å². The summed E-state index contributed by atoms with van der Waals surface area (Å²) in [5.41, 5.74) is 4.54. The summed E-state index contributed by atoms with van der Waals surface area (Å²) in [4.78, 5) is 20.2. The van der Waals surface area contributed by atoms with E-state index in [4.69, 9.17) is 5.73 Å². The van der Waals surface area contributed by atoms with Crippen LogP contribution in [0.2, 0.25) is 0 Å². The highest BCUT2D eigenvalue weighted by Crippen LogP contribution is 2.12. The van der Waals surface area contributed by atoms with Crippen LogP contribution in [0.5, 0.6) is 0 Å². The molecule has 1 unspecified atom stereocenters. The summed E-state index contributed by atoms with van der Waals surface area (Å²) in [6, 6.07) is -0.685. The molecule has 2 N–H and O–H groups in total. The van der Waals surface area contributed by atoms with Crippen LogP contribution >= 0.6 is 0 Å². The van der Waals surface area contributed by atoms with Crippen LogP contribution < -0.4 is 5.73 Å². The average molecular weight is 129 g/mol.